The molecule has 6 nitrogen and oxygen atoms in total. The Morgan fingerprint density at radius 3 is 2.50 bits per heavy atom. The molecule has 1 amide bonds. The molecule has 28 heavy (non-hydrogen) atoms. The third kappa shape index (κ3) is 6.57. The minimum Gasteiger partial charge on any atom is -0.494 e. The van der Waals surface area contributed by atoms with Crippen molar-refractivity contribution in [3.8, 4) is 11.5 Å². The number of methoxy groups -OCH3 is 1. The Morgan fingerprint density at radius 1 is 1.11 bits per heavy atom. The first-order chi connectivity index (χ1) is 13.5. The molecule has 0 radical (unpaired) electrons. The van der Waals surface area contributed by atoms with Gasteiger partial charge >= 0.3 is 5.97 Å². The van der Waals surface area contributed by atoms with Gasteiger partial charge in [0.2, 0.25) is 0 Å². The maximum atomic E-state index is 13.6. The van der Waals surface area contributed by atoms with Crippen LogP contribution in [0.3, 0.4) is 0 Å². The van der Waals surface area contributed by atoms with Crippen molar-refractivity contribution in [3.63, 3.8) is 0 Å². The van der Waals surface area contributed by atoms with Gasteiger partial charge in [-0.25, -0.2) is 4.39 Å². The van der Waals surface area contributed by atoms with Crippen molar-refractivity contribution in [1.82, 2.24) is 5.32 Å². The van der Waals surface area contributed by atoms with Crippen LogP contribution in [0.1, 0.15) is 35.7 Å². The maximum Gasteiger partial charge on any atom is 0.325 e. The number of carbonyl (C=O) groups excluding carboxylic acids is 2. The molecule has 0 aromatic heterocycles. The monoisotopic (exact) mass is 389 g/mol. The zero-order valence-electron chi connectivity index (χ0n) is 16.0. The molecule has 0 bridgehead atoms. The summed E-state index contributed by atoms with van der Waals surface area (Å²) < 4.78 is 29.0. The van der Waals surface area contributed by atoms with Crippen LogP contribution in [0.25, 0.3) is 0 Å². The SMILES string of the molecule is CCCCOc1ccc(C(=O)NCC(=O)OCc2ccc(OC)c(F)c2)cc1. The van der Waals surface area contributed by atoms with E-state index in [1.165, 1.54) is 19.2 Å². The van der Waals surface area contributed by atoms with Crippen molar-refractivity contribution in [3.05, 3.63) is 59.4 Å². The molecule has 150 valence electrons. The molecule has 0 aliphatic rings. The van der Waals surface area contributed by atoms with E-state index in [1.54, 1.807) is 30.3 Å². The number of ether oxygens (including phenoxy) is 3. The first-order valence-corrected chi connectivity index (χ1v) is 9.02. The first kappa shape index (κ1) is 21.2. The normalized spacial score (nSPS) is 10.2. The van der Waals surface area contributed by atoms with Gasteiger partial charge in [0.1, 0.15) is 18.9 Å². The molecule has 0 saturated carbocycles. The molecule has 0 heterocycles. The third-order valence-corrected chi connectivity index (χ3v) is 3.89. The molecule has 0 unspecified atom stereocenters. The number of esters is 1. The summed E-state index contributed by atoms with van der Waals surface area (Å²) in [6, 6.07) is 11.0. The maximum absolute atomic E-state index is 13.6. The lowest BCUT2D eigenvalue weighted by molar-refractivity contribution is -0.143. The van der Waals surface area contributed by atoms with E-state index in [4.69, 9.17) is 14.2 Å². The highest BCUT2D eigenvalue weighted by molar-refractivity contribution is 5.96. The van der Waals surface area contributed by atoms with Crippen LogP contribution >= 0.6 is 0 Å². The smallest absolute Gasteiger partial charge is 0.325 e. The van der Waals surface area contributed by atoms with Crippen LogP contribution < -0.4 is 14.8 Å². The molecule has 7 heteroatoms. The second-order valence-corrected chi connectivity index (χ2v) is 6.04. The number of halogens is 1. The molecule has 0 aliphatic carbocycles. The molecule has 0 spiro atoms. The number of unbranched alkanes of at least 4 members (excludes halogenated alkanes) is 1. The highest BCUT2D eigenvalue weighted by atomic mass is 19.1. The van der Waals surface area contributed by atoms with E-state index in [9.17, 15) is 14.0 Å². The highest BCUT2D eigenvalue weighted by Gasteiger charge is 2.10. The van der Waals surface area contributed by atoms with E-state index >= 15 is 0 Å². The van der Waals surface area contributed by atoms with E-state index in [-0.39, 0.29) is 18.9 Å². The van der Waals surface area contributed by atoms with E-state index in [2.05, 4.69) is 12.2 Å². The molecule has 0 atom stereocenters. The predicted molar refractivity (Wildman–Crippen MR) is 102 cm³/mol. The van der Waals surface area contributed by atoms with E-state index < -0.39 is 17.7 Å². The summed E-state index contributed by atoms with van der Waals surface area (Å²) in [6.07, 6.45) is 2.01. The summed E-state index contributed by atoms with van der Waals surface area (Å²) in [4.78, 5) is 23.9. The molecule has 2 aromatic rings. The van der Waals surface area contributed by atoms with Gasteiger partial charge in [-0.2, -0.15) is 0 Å². The van der Waals surface area contributed by atoms with Crippen molar-refractivity contribution < 1.29 is 28.2 Å². The zero-order chi connectivity index (χ0) is 20.4. The summed E-state index contributed by atoms with van der Waals surface area (Å²) in [5, 5.41) is 2.49. The van der Waals surface area contributed by atoms with Gasteiger partial charge in [-0.1, -0.05) is 19.4 Å². The average molecular weight is 389 g/mol. The number of rotatable bonds is 10. The molecule has 1 N–H and O–H groups in total. The summed E-state index contributed by atoms with van der Waals surface area (Å²) in [6.45, 7) is 2.33. The molecule has 0 fully saturated rings. The van der Waals surface area contributed by atoms with Crippen molar-refractivity contribution in [2.24, 2.45) is 0 Å². The van der Waals surface area contributed by atoms with E-state index in [0.29, 0.717) is 23.5 Å². The van der Waals surface area contributed by atoms with Gasteiger partial charge < -0.3 is 19.5 Å². The standard InChI is InChI=1S/C21H24FNO5/c1-3-4-11-27-17-8-6-16(7-9-17)21(25)23-13-20(24)28-14-15-5-10-19(26-2)18(22)12-15/h5-10,12H,3-4,11,13-14H2,1-2H3,(H,23,25). The second kappa shape index (κ2) is 10.9. The fraction of sp³-hybridized carbons (Fsp3) is 0.333. The Labute approximate surface area is 163 Å². The lowest BCUT2D eigenvalue weighted by Gasteiger charge is -2.09. The van der Waals surface area contributed by atoms with Gasteiger partial charge in [0.15, 0.2) is 11.6 Å². The molecular weight excluding hydrogens is 365 g/mol. The molecule has 0 aliphatic heterocycles. The molecule has 0 saturated heterocycles. The lowest BCUT2D eigenvalue weighted by atomic mass is 10.2. The van der Waals surface area contributed by atoms with Crippen LogP contribution in [0.15, 0.2) is 42.5 Å². The van der Waals surface area contributed by atoms with E-state index in [0.717, 1.165) is 12.8 Å². The minimum absolute atomic E-state index is 0.0978. The highest BCUT2D eigenvalue weighted by Crippen LogP contribution is 2.18. The average Bonchev–Trinajstić information content (AvgIpc) is 2.71. The van der Waals surface area contributed by atoms with Crippen LogP contribution in [-0.2, 0) is 16.1 Å². The van der Waals surface area contributed by atoms with Crippen molar-refractivity contribution >= 4 is 11.9 Å². The third-order valence-electron chi connectivity index (χ3n) is 3.89. The fourth-order valence-corrected chi connectivity index (χ4v) is 2.31. The Kier molecular flexibility index (Phi) is 8.27. The predicted octanol–water partition coefficient (Wildman–Crippen LogP) is 3.49. The summed E-state index contributed by atoms with van der Waals surface area (Å²) in [7, 11) is 1.37. The largest absolute Gasteiger partial charge is 0.494 e. The quantitative estimate of drug-likeness (QED) is 0.497. The van der Waals surface area contributed by atoms with Crippen LogP contribution in [0.5, 0.6) is 11.5 Å². The second-order valence-electron chi connectivity index (χ2n) is 6.04. The van der Waals surface area contributed by atoms with Crippen LogP contribution in [0.2, 0.25) is 0 Å². The van der Waals surface area contributed by atoms with Gasteiger partial charge in [-0.05, 0) is 48.4 Å². The fourth-order valence-electron chi connectivity index (χ4n) is 2.31. The molecular formula is C21H24FNO5. The van der Waals surface area contributed by atoms with Crippen LogP contribution in [-0.4, -0.2) is 32.1 Å². The number of benzene rings is 2. The Morgan fingerprint density at radius 2 is 1.86 bits per heavy atom. The number of hydrogen-bond acceptors (Lipinski definition) is 5. The van der Waals surface area contributed by atoms with Crippen LogP contribution in [0.4, 0.5) is 4.39 Å². The van der Waals surface area contributed by atoms with Gasteiger partial charge in [0.25, 0.3) is 5.91 Å². The van der Waals surface area contributed by atoms with Crippen molar-refractivity contribution in [2.75, 3.05) is 20.3 Å². The Bertz CT molecular complexity index is 792. The molecule has 2 aromatic carbocycles. The van der Waals surface area contributed by atoms with Crippen molar-refractivity contribution in [2.45, 2.75) is 26.4 Å². The Hall–Kier alpha value is -3.09. The number of hydrogen-bond donors (Lipinski definition) is 1. The number of amides is 1. The lowest BCUT2D eigenvalue weighted by Crippen LogP contribution is -2.30. The number of nitrogens with one attached hydrogen (secondary N) is 1. The zero-order valence-corrected chi connectivity index (χ0v) is 16.0. The topological polar surface area (TPSA) is 73.9 Å². The van der Waals surface area contributed by atoms with Gasteiger partial charge in [-0.15, -0.1) is 0 Å². The summed E-state index contributed by atoms with van der Waals surface area (Å²) in [5.41, 5.74) is 0.893. The van der Waals surface area contributed by atoms with E-state index in [1.807, 2.05) is 0 Å². The number of carbonyl (C=O) groups is 2. The Balaban J connectivity index is 1.75. The van der Waals surface area contributed by atoms with Crippen LogP contribution in [0, 0.1) is 5.82 Å². The molecule has 2 rings (SSSR count). The summed E-state index contributed by atoms with van der Waals surface area (Å²) >= 11 is 0. The van der Waals surface area contributed by atoms with Gasteiger partial charge in [0, 0.05) is 5.56 Å². The first-order valence-electron chi connectivity index (χ1n) is 9.02. The van der Waals surface area contributed by atoms with Gasteiger partial charge in [-0.3, -0.25) is 9.59 Å². The summed E-state index contributed by atoms with van der Waals surface area (Å²) in [5.74, 6) is -0.747. The minimum atomic E-state index is -0.621. The van der Waals surface area contributed by atoms with Gasteiger partial charge in [0.05, 0.1) is 13.7 Å². The van der Waals surface area contributed by atoms with Crippen molar-refractivity contribution in [1.29, 1.82) is 0 Å².